The molecule has 1 aromatic carbocycles. The van der Waals surface area contributed by atoms with Gasteiger partial charge in [0, 0.05) is 19.1 Å². The van der Waals surface area contributed by atoms with Gasteiger partial charge >= 0.3 is 0 Å². The zero-order chi connectivity index (χ0) is 18.3. The van der Waals surface area contributed by atoms with E-state index in [0.29, 0.717) is 33.6 Å². The van der Waals surface area contributed by atoms with Gasteiger partial charge in [-0.05, 0) is 43.2 Å². The number of fused-ring (bicyclic) bond motifs is 1. The van der Waals surface area contributed by atoms with Gasteiger partial charge in [-0.1, -0.05) is 37.7 Å². The molecular formula is C20H25N3O2S. The maximum Gasteiger partial charge on any atom is 0.262 e. The SMILES string of the molecule is CC1CC(C)CN(C(=O)CSc2nc3ccccc3c(=O)n2C2CC2)C1. The van der Waals surface area contributed by atoms with Gasteiger partial charge in [0.05, 0.1) is 16.7 Å². The fourth-order valence-corrected chi connectivity index (χ4v) is 4.94. The zero-order valence-electron chi connectivity index (χ0n) is 15.4. The summed E-state index contributed by atoms with van der Waals surface area (Å²) in [6.45, 7) is 6.09. The van der Waals surface area contributed by atoms with Crippen molar-refractivity contribution in [1.82, 2.24) is 14.5 Å². The second kappa shape index (κ2) is 7.06. The molecule has 4 rings (SSSR count). The Morgan fingerprint density at radius 1 is 1.19 bits per heavy atom. The number of carbonyl (C=O) groups is 1. The predicted octanol–water partition coefficient (Wildman–Crippen LogP) is 3.33. The molecule has 6 heteroatoms. The molecule has 26 heavy (non-hydrogen) atoms. The summed E-state index contributed by atoms with van der Waals surface area (Å²) < 4.78 is 1.81. The molecule has 1 aliphatic heterocycles. The van der Waals surface area contributed by atoms with Crippen LogP contribution in [0.4, 0.5) is 0 Å². The standard InChI is InChI=1S/C20H25N3O2S/c1-13-9-14(2)11-22(10-13)18(24)12-26-20-21-17-6-4-3-5-16(17)19(25)23(20)15-7-8-15/h3-6,13-15H,7-12H2,1-2H3. The van der Waals surface area contributed by atoms with E-state index in [1.807, 2.05) is 33.7 Å². The van der Waals surface area contributed by atoms with Crippen molar-refractivity contribution in [2.24, 2.45) is 11.8 Å². The molecule has 1 aromatic heterocycles. The highest BCUT2D eigenvalue weighted by atomic mass is 32.2. The van der Waals surface area contributed by atoms with Crippen molar-refractivity contribution in [1.29, 1.82) is 0 Å². The minimum atomic E-state index is 0.0215. The Labute approximate surface area is 157 Å². The van der Waals surface area contributed by atoms with Crippen molar-refractivity contribution in [2.45, 2.75) is 44.3 Å². The maximum absolute atomic E-state index is 12.9. The highest BCUT2D eigenvalue weighted by molar-refractivity contribution is 7.99. The third-order valence-electron chi connectivity index (χ3n) is 5.23. The van der Waals surface area contributed by atoms with Crippen LogP contribution in [0, 0.1) is 11.8 Å². The normalized spacial score (nSPS) is 23.4. The topological polar surface area (TPSA) is 55.2 Å². The van der Waals surface area contributed by atoms with Crippen LogP contribution in [0.1, 0.15) is 39.2 Å². The number of hydrogen-bond donors (Lipinski definition) is 0. The van der Waals surface area contributed by atoms with E-state index >= 15 is 0 Å². The predicted molar refractivity (Wildman–Crippen MR) is 105 cm³/mol. The van der Waals surface area contributed by atoms with Crippen LogP contribution < -0.4 is 5.56 Å². The van der Waals surface area contributed by atoms with Crippen molar-refractivity contribution in [3.8, 4) is 0 Å². The minimum Gasteiger partial charge on any atom is -0.341 e. The minimum absolute atomic E-state index is 0.0215. The summed E-state index contributed by atoms with van der Waals surface area (Å²) in [4.78, 5) is 32.3. The summed E-state index contributed by atoms with van der Waals surface area (Å²) in [6, 6.07) is 7.71. The third kappa shape index (κ3) is 3.52. The first-order chi connectivity index (χ1) is 12.5. The molecule has 2 fully saturated rings. The highest BCUT2D eigenvalue weighted by Gasteiger charge is 2.30. The number of para-hydroxylation sites is 1. The van der Waals surface area contributed by atoms with Gasteiger partial charge < -0.3 is 4.90 Å². The smallest absolute Gasteiger partial charge is 0.262 e. The fraction of sp³-hybridized carbons (Fsp3) is 0.550. The quantitative estimate of drug-likeness (QED) is 0.611. The first-order valence-electron chi connectivity index (χ1n) is 9.44. The average molecular weight is 372 g/mol. The lowest BCUT2D eigenvalue weighted by molar-refractivity contribution is -0.130. The largest absolute Gasteiger partial charge is 0.341 e. The van der Waals surface area contributed by atoms with E-state index in [1.54, 1.807) is 0 Å². The van der Waals surface area contributed by atoms with Crippen molar-refractivity contribution in [2.75, 3.05) is 18.8 Å². The number of likely N-dealkylation sites (tertiary alicyclic amines) is 1. The molecule has 2 unspecified atom stereocenters. The highest BCUT2D eigenvalue weighted by Crippen LogP contribution is 2.37. The number of benzene rings is 1. The molecule has 1 aliphatic carbocycles. The van der Waals surface area contributed by atoms with E-state index in [4.69, 9.17) is 4.98 Å². The summed E-state index contributed by atoms with van der Waals surface area (Å²) in [5, 5.41) is 1.34. The molecule has 0 N–H and O–H groups in total. The molecule has 0 spiro atoms. The summed E-state index contributed by atoms with van der Waals surface area (Å²) in [7, 11) is 0. The lowest BCUT2D eigenvalue weighted by atomic mass is 9.92. The van der Waals surface area contributed by atoms with E-state index in [2.05, 4.69) is 13.8 Å². The number of nitrogens with zero attached hydrogens (tertiary/aromatic N) is 3. The van der Waals surface area contributed by atoms with Crippen LogP contribution in [0.25, 0.3) is 10.9 Å². The molecule has 1 saturated heterocycles. The Kier molecular flexibility index (Phi) is 4.78. The number of amides is 1. The molecule has 2 aromatic rings. The monoisotopic (exact) mass is 371 g/mol. The number of hydrogen-bond acceptors (Lipinski definition) is 4. The van der Waals surface area contributed by atoms with E-state index < -0.39 is 0 Å². The molecule has 2 atom stereocenters. The summed E-state index contributed by atoms with van der Waals surface area (Å²) in [6.07, 6.45) is 3.22. The van der Waals surface area contributed by atoms with E-state index in [9.17, 15) is 9.59 Å². The summed E-state index contributed by atoms with van der Waals surface area (Å²) in [5.41, 5.74) is 0.734. The Morgan fingerprint density at radius 2 is 1.88 bits per heavy atom. The maximum atomic E-state index is 12.9. The first-order valence-corrected chi connectivity index (χ1v) is 10.4. The zero-order valence-corrected chi connectivity index (χ0v) is 16.2. The van der Waals surface area contributed by atoms with Gasteiger partial charge in [0.1, 0.15) is 0 Å². The second-order valence-electron chi connectivity index (χ2n) is 7.85. The average Bonchev–Trinajstić information content (AvgIpc) is 3.43. The number of carbonyl (C=O) groups excluding carboxylic acids is 1. The number of piperidine rings is 1. The van der Waals surface area contributed by atoms with Gasteiger partial charge in [-0.3, -0.25) is 14.2 Å². The van der Waals surface area contributed by atoms with Crippen LogP contribution in [0.3, 0.4) is 0 Å². The molecule has 1 saturated carbocycles. The Hall–Kier alpha value is -1.82. The van der Waals surface area contributed by atoms with Gasteiger partial charge in [0.15, 0.2) is 5.16 Å². The third-order valence-corrected chi connectivity index (χ3v) is 6.17. The molecule has 2 aliphatic rings. The molecular weight excluding hydrogens is 346 g/mol. The van der Waals surface area contributed by atoms with Gasteiger partial charge in [-0.15, -0.1) is 0 Å². The van der Waals surface area contributed by atoms with Crippen LogP contribution in [0.15, 0.2) is 34.2 Å². The van der Waals surface area contributed by atoms with Gasteiger partial charge in [-0.2, -0.15) is 0 Å². The fourth-order valence-electron chi connectivity index (χ4n) is 3.97. The molecule has 2 heterocycles. The van der Waals surface area contributed by atoms with Crippen LogP contribution in [-0.4, -0.2) is 39.2 Å². The molecule has 0 bridgehead atoms. The van der Waals surface area contributed by atoms with Crippen LogP contribution >= 0.6 is 11.8 Å². The number of thioether (sulfide) groups is 1. The first kappa shape index (κ1) is 17.6. The lowest BCUT2D eigenvalue weighted by Gasteiger charge is -2.35. The van der Waals surface area contributed by atoms with Crippen molar-refractivity contribution in [3.63, 3.8) is 0 Å². The Morgan fingerprint density at radius 3 is 2.58 bits per heavy atom. The molecule has 0 radical (unpaired) electrons. The molecule has 138 valence electrons. The number of aromatic nitrogens is 2. The van der Waals surface area contributed by atoms with Gasteiger partial charge in [-0.25, -0.2) is 4.98 Å². The lowest BCUT2D eigenvalue weighted by Crippen LogP contribution is -2.43. The van der Waals surface area contributed by atoms with Gasteiger partial charge in [0.25, 0.3) is 5.56 Å². The van der Waals surface area contributed by atoms with E-state index in [-0.39, 0.29) is 17.5 Å². The van der Waals surface area contributed by atoms with Crippen LogP contribution in [0.2, 0.25) is 0 Å². The number of rotatable bonds is 4. The van der Waals surface area contributed by atoms with Crippen LogP contribution in [-0.2, 0) is 4.79 Å². The molecule has 1 amide bonds. The van der Waals surface area contributed by atoms with Gasteiger partial charge in [0.2, 0.25) is 5.91 Å². The van der Waals surface area contributed by atoms with Crippen molar-refractivity contribution >= 4 is 28.6 Å². The van der Waals surface area contributed by atoms with E-state index in [0.717, 1.165) is 25.9 Å². The second-order valence-corrected chi connectivity index (χ2v) is 8.79. The Bertz CT molecular complexity index is 880. The van der Waals surface area contributed by atoms with Crippen molar-refractivity contribution < 1.29 is 4.79 Å². The summed E-state index contributed by atoms with van der Waals surface area (Å²) >= 11 is 1.41. The Balaban J connectivity index is 1.56. The summed E-state index contributed by atoms with van der Waals surface area (Å²) in [5.74, 6) is 1.60. The molecule has 5 nitrogen and oxygen atoms in total. The van der Waals surface area contributed by atoms with E-state index in [1.165, 1.54) is 18.2 Å². The van der Waals surface area contributed by atoms with Crippen LogP contribution in [0.5, 0.6) is 0 Å². The van der Waals surface area contributed by atoms with Crippen molar-refractivity contribution in [3.05, 3.63) is 34.6 Å².